The molecule has 1 aliphatic rings. The van der Waals surface area contributed by atoms with E-state index in [0.717, 1.165) is 11.5 Å². The third-order valence-corrected chi connectivity index (χ3v) is 4.35. The van der Waals surface area contributed by atoms with Crippen LogP contribution in [-0.4, -0.2) is 10.2 Å². The van der Waals surface area contributed by atoms with Crippen LogP contribution < -0.4 is 5.73 Å². The highest BCUT2D eigenvalue weighted by Gasteiger charge is 2.20. The van der Waals surface area contributed by atoms with Crippen LogP contribution in [0.4, 0.5) is 5.82 Å². The summed E-state index contributed by atoms with van der Waals surface area (Å²) in [4.78, 5) is 0. The molecule has 3 rings (SSSR count). The quantitative estimate of drug-likeness (QED) is 0.853. The van der Waals surface area contributed by atoms with Gasteiger partial charge in [0.15, 0.2) is 0 Å². The van der Waals surface area contributed by atoms with Gasteiger partial charge in [0.25, 0.3) is 0 Å². The Kier molecular flexibility index (Phi) is 3.28. The van der Waals surface area contributed by atoms with Gasteiger partial charge in [-0.2, -0.15) is 5.10 Å². The minimum Gasteiger partial charge on any atom is -0.384 e. The normalized spacial score (nSPS) is 23.4. The summed E-state index contributed by atoms with van der Waals surface area (Å²) in [5.74, 6) is 2.25. The molecular formula is C16H21N3. The molecule has 0 saturated heterocycles. The first-order chi connectivity index (χ1) is 9.24. The lowest BCUT2D eigenvalue weighted by Gasteiger charge is -2.26. The van der Waals surface area contributed by atoms with Gasteiger partial charge < -0.3 is 5.73 Å². The second-order valence-electron chi connectivity index (χ2n) is 5.78. The minimum atomic E-state index is 0.648. The van der Waals surface area contributed by atoms with Gasteiger partial charge in [-0.25, -0.2) is 0 Å². The van der Waals surface area contributed by atoms with Crippen LogP contribution in [0.15, 0.2) is 30.5 Å². The summed E-state index contributed by atoms with van der Waals surface area (Å²) in [6.07, 6.45) is 7.12. The summed E-state index contributed by atoms with van der Waals surface area (Å²) in [5, 5.41) is 6.80. The molecule has 100 valence electrons. The lowest BCUT2D eigenvalue weighted by Crippen LogP contribution is -2.10. The van der Waals surface area contributed by atoms with Gasteiger partial charge in [-0.1, -0.05) is 44.0 Å². The second kappa shape index (κ2) is 5.08. The number of rotatable bonds is 2. The Morgan fingerprint density at radius 2 is 2.00 bits per heavy atom. The molecule has 2 aromatic rings. The molecule has 0 spiro atoms. The van der Waals surface area contributed by atoms with E-state index in [1.54, 1.807) is 6.20 Å². The first kappa shape index (κ1) is 12.3. The van der Waals surface area contributed by atoms with Crippen LogP contribution >= 0.6 is 0 Å². The van der Waals surface area contributed by atoms with Gasteiger partial charge in [-0.3, -0.25) is 5.10 Å². The molecule has 0 atom stereocenters. The Bertz CT molecular complexity index is 551. The molecule has 0 radical (unpaired) electrons. The van der Waals surface area contributed by atoms with Crippen LogP contribution in [0.1, 0.15) is 44.1 Å². The number of aromatic amines is 1. The number of nitrogens with two attached hydrogens (primary N) is 1. The zero-order valence-electron chi connectivity index (χ0n) is 11.4. The minimum absolute atomic E-state index is 0.648. The van der Waals surface area contributed by atoms with Crippen molar-refractivity contribution >= 4 is 5.82 Å². The van der Waals surface area contributed by atoms with Crippen molar-refractivity contribution in [1.82, 2.24) is 10.2 Å². The zero-order valence-corrected chi connectivity index (χ0v) is 11.4. The third kappa shape index (κ3) is 2.50. The largest absolute Gasteiger partial charge is 0.384 e. The Morgan fingerprint density at radius 3 is 2.68 bits per heavy atom. The molecular weight excluding hydrogens is 234 g/mol. The maximum atomic E-state index is 5.90. The van der Waals surface area contributed by atoms with Crippen molar-refractivity contribution in [3.63, 3.8) is 0 Å². The number of hydrogen-bond donors (Lipinski definition) is 2. The molecule has 1 aliphatic carbocycles. The first-order valence-corrected chi connectivity index (χ1v) is 7.13. The van der Waals surface area contributed by atoms with Crippen molar-refractivity contribution in [3.05, 3.63) is 36.0 Å². The molecule has 1 saturated carbocycles. The fourth-order valence-corrected chi connectivity index (χ4v) is 3.08. The third-order valence-electron chi connectivity index (χ3n) is 4.35. The molecule has 0 aliphatic heterocycles. The number of nitrogen functional groups attached to an aromatic ring is 1. The van der Waals surface area contributed by atoms with E-state index in [1.807, 2.05) is 0 Å². The number of aromatic nitrogens is 2. The number of anilines is 1. The van der Waals surface area contributed by atoms with Gasteiger partial charge in [0, 0.05) is 5.56 Å². The van der Waals surface area contributed by atoms with Crippen molar-refractivity contribution in [3.8, 4) is 11.1 Å². The monoisotopic (exact) mass is 255 g/mol. The van der Waals surface area contributed by atoms with Crippen LogP contribution in [0.5, 0.6) is 0 Å². The average Bonchev–Trinajstić information content (AvgIpc) is 2.86. The molecule has 19 heavy (non-hydrogen) atoms. The highest BCUT2D eigenvalue weighted by Crippen LogP contribution is 2.37. The predicted octanol–water partition coefficient (Wildman–Crippen LogP) is 3.95. The summed E-state index contributed by atoms with van der Waals surface area (Å²) in [7, 11) is 0. The molecule has 1 fully saturated rings. The van der Waals surface area contributed by atoms with Crippen molar-refractivity contribution in [1.29, 1.82) is 0 Å². The summed E-state index contributed by atoms with van der Waals surface area (Å²) in [6, 6.07) is 8.77. The summed E-state index contributed by atoms with van der Waals surface area (Å²) < 4.78 is 0. The highest BCUT2D eigenvalue weighted by molar-refractivity contribution is 5.73. The lowest BCUT2D eigenvalue weighted by molar-refractivity contribution is 0.348. The highest BCUT2D eigenvalue weighted by atomic mass is 15.1. The number of hydrogen-bond acceptors (Lipinski definition) is 2. The van der Waals surface area contributed by atoms with Gasteiger partial charge in [0.05, 0.1) is 6.20 Å². The summed E-state index contributed by atoms with van der Waals surface area (Å²) >= 11 is 0. The maximum absolute atomic E-state index is 5.90. The standard InChI is InChI=1S/C16H21N3/c1-11-5-7-12(8-6-11)13-3-2-4-14(9-13)15-10-18-19-16(15)17/h2-4,9-12H,5-8H2,1H3,(H3,17,18,19). The fourth-order valence-electron chi connectivity index (χ4n) is 3.08. The molecule has 0 amide bonds. The molecule has 0 unspecified atom stereocenters. The molecule has 3 nitrogen and oxygen atoms in total. The summed E-state index contributed by atoms with van der Waals surface area (Å²) in [5.41, 5.74) is 9.52. The summed E-state index contributed by atoms with van der Waals surface area (Å²) in [6.45, 7) is 2.36. The lowest BCUT2D eigenvalue weighted by atomic mass is 9.79. The average molecular weight is 255 g/mol. The van der Waals surface area contributed by atoms with Crippen LogP contribution in [0.3, 0.4) is 0 Å². The van der Waals surface area contributed by atoms with Crippen LogP contribution in [0.2, 0.25) is 0 Å². The van der Waals surface area contributed by atoms with Crippen LogP contribution in [-0.2, 0) is 0 Å². The molecule has 0 bridgehead atoms. The van der Waals surface area contributed by atoms with E-state index in [4.69, 9.17) is 5.73 Å². The topological polar surface area (TPSA) is 54.7 Å². The van der Waals surface area contributed by atoms with E-state index in [2.05, 4.69) is 41.4 Å². The molecule has 1 aromatic heterocycles. The van der Waals surface area contributed by atoms with Crippen molar-refractivity contribution in [2.45, 2.75) is 38.5 Å². The van der Waals surface area contributed by atoms with Crippen LogP contribution in [0.25, 0.3) is 11.1 Å². The van der Waals surface area contributed by atoms with E-state index in [-0.39, 0.29) is 0 Å². The van der Waals surface area contributed by atoms with Gasteiger partial charge in [-0.05, 0) is 35.8 Å². The van der Waals surface area contributed by atoms with Gasteiger partial charge >= 0.3 is 0 Å². The second-order valence-corrected chi connectivity index (χ2v) is 5.78. The first-order valence-electron chi connectivity index (χ1n) is 7.13. The smallest absolute Gasteiger partial charge is 0.126 e. The predicted molar refractivity (Wildman–Crippen MR) is 78.8 cm³/mol. The maximum Gasteiger partial charge on any atom is 0.126 e. The molecule has 3 N–H and O–H groups in total. The number of nitrogens with one attached hydrogen (secondary N) is 1. The van der Waals surface area contributed by atoms with Crippen molar-refractivity contribution in [2.75, 3.05) is 5.73 Å². The van der Waals surface area contributed by atoms with E-state index < -0.39 is 0 Å². The Morgan fingerprint density at radius 1 is 1.21 bits per heavy atom. The van der Waals surface area contributed by atoms with E-state index in [9.17, 15) is 0 Å². The molecule has 3 heteroatoms. The van der Waals surface area contributed by atoms with Gasteiger partial charge in [0.2, 0.25) is 0 Å². The van der Waals surface area contributed by atoms with Gasteiger partial charge in [0.1, 0.15) is 5.82 Å². The van der Waals surface area contributed by atoms with Crippen LogP contribution in [0, 0.1) is 5.92 Å². The Hall–Kier alpha value is -1.77. The van der Waals surface area contributed by atoms with E-state index in [0.29, 0.717) is 11.7 Å². The Balaban J connectivity index is 1.86. The number of benzene rings is 1. The Labute approximate surface area is 114 Å². The van der Waals surface area contributed by atoms with Gasteiger partial charge in [-0.15, -0.1) is 0 Å². The SMILES string of the molecule is CC1CCC(c2cccc(-c3cn[nH]c3N)c2)CC1. The van der Waals surface area contributed by atoms with Crippen molar-refractivity contribution < 1.29 is 0 Å². The zero-order chi connectivity index (χ0) is 13.2. The van der Waals surface area contributed by atoms with Crippen molar-refractivity contribution in [2.24, 2.45) is 5.92 Å². The number of H-pyrrole nitrogens is 1. The fraction of sp³-hybridized carbons (Fsp3) is 0.438. The van der Waals surface area contributed by atoms with E-state index in [1.165, 1.54) is 36.8 Å². The number of nitrogens with zero attached hydrogens (tertiary/aromatic N) is 1. The van der Waals surface area contributed by atoms with E-state index >= 15 is 0 Å². The molecule has 1 heterocycles. The molecule has 1 aromatic carbocycles.